The van der Waals surface area contributed by atoms with E-state index in [9.17, 15) is 18.4 Å². The minimum absolute atomic E-state index is 0.107. The molecule has 2 N–H and O–H groups in total. The molecule has 7 nitrogen and oxygen atoms in total. The van der Waals surface area contributed by atoms with Crippen LogP contribution in [-0.2, 0) is 11.2 Å². The highest BCUT2D eigenvalue weighted by Gasteiger charge is 2.28. The van der Waals surface area contributed by atoms with Gasteiger partial charge in [-0.25, -0.2) is 8.78 Å². The summed E-state index contributed by atoms with van der Waals surface area (Å²) in [6.45, 7) is 2.61. The molecule has 0 spiro atoms. The predicted octanol–water partition coefficient (Wildman–Crippen LogP) is 1.35. The number of amides is 2. The number of hydrogen-bond acceptors (Lipinski definition) is 4. The van der Waals surface area contributed by atoms with Gasteiger partial charge < -0.3 is 10.2 Å². The average Bonchev–Trinajstić information content (AvgIpc) is 3.20. The number of H-pyrrole nitrogens is 1. The van der Waals surface area contributed by atoms with Crippen LogP contribution in [-0.4, -0.2) is 51.3 Å². The summed E-state index contributed by atoms with van der Waals surface area (Å²) in [4.78, 5) is 26.1. The Morgan fingerprint density at radius 2 is 2.00 bits per heavy atom. The van der Waals surface area contributed by atoms with E-state index in [0.29, 0.717) is 30.8 Å². The first-order chi connectivity index (χ1) is 12.4. The normalized spacial score (nSPS) is 16.7. The zero-order valence-electron chi connectivity index (χ0n) is 14.3. The van der Waals surface area contributed by atoms with E-state index in [2.05, 4.69) is 20.7 Å². The van der Waals surface area contributed by atoms with Gasteiger partial charge in [0.15, 0.2) is 5.69 Å². The standard InChI is InChI=1S/C17H19F2N5O2/c1-10-16(22-23-21-10)17(26)20-14-4-5-24(9-14)15(25)3-2-11-6-12(18)8-13(19)7-11/h6-8,14H,2-5,9H2,1H3,(H,20,26)(H,21,22,23). The molecule has 1 unspecified atom stereocenters. The Bertz CT molecular complexity index is 803. The number of nitrogens with zero attached hydrogens (tertiary/aromatic N) is 3. The number of aryl methyl sites for hydroxylation is 2. The molecule has 1 aliphatic rings. The van der Waals surface area contributed by atoms with Crippen LogP contribution in [0, 0.1) is 18.6 Å². The summed E-state index contributed by atoms with van der Waals surface area (Å²) in [5.74, 6) is -1.74. The van der Waals surface area contributed by atoms with Crippen LogP contribution in [0.5, 0.6) is 0 Å². The Morgan fingerprint density at radius 3 is 2.65 bits per heavy atom. The van der Waals surface area contributed by atoms with Crippen LogP contribution < -0.4 is 5.32 Å². The van der Waals surface area contributed by atoms with Crippen molar-refractivity contribution in [1.82, 2.24) is 25.6 Å². The lowest BCUT2D eigenvalue weighted by molar-refractivity contribution is -0.130. The Balaban J connectivity index is 1.49. The molecule has 0 aliphatic carbocycles. The number of aromatic nitrogens is 3. The van der Waals surface area contributed by atoms with E-state index in [1.165, 1.54) is 12.1 Å². The molecule has 0 radical (unpaired) electrons. The highest BCUT2D eigenvalue weighted by atomic mass is 19.1. The first-order valence-electron chi connectivity index (χ1n) is 8.33. The molecule has 1 atom stereocenters. The summed E-state index contributed by atoms with van der Waals surface area (Å²) in [5.41, 5.74) is 1.19. The Hall–Kier alpha value is -2.84. The lowest BCUT2D eigenvalue weighted by atomic mass is 10.1. The maximum Gasteiger partial charge on any atom is 0.274 e. The van der Waals surface area contributed by atoms with Gasteiger partial charge in [-0.05, 0) is 37.5 Å². The van der Waals surface area contributed by atoms with E-state index in [0.717, 1.165) is 6.07 Å². The number of likely N-dealkylation sites (tertiary alicyclic amines) is 1. The number of benzene rings is 1. The van der Waals surface area contributed by atoms with Crippen molar-refractivity contribution in [2.45, 2.75) is 32.2 Å². The highest BCUT2D eigenvalue weighted by molar-refractivity contribution is 5.93. The van der Waals surface area contributed by atoms with Crippen molar-refractivity contribution in [3.63, 3.8) is 0 Å². The summed E-state index contributed by atoms with van der Waals surface area (Å²) < 4.78 is 26.4. The molecule has 0 saturated carbocycles. The molecule has 26 heavy (non-hydrogen) atoms. The summed E-state index contributed by atoms with van der Waals surface area (Å²) in [7, 11) is 0. The number of carbonyl (C=O) groups excluding carboxylic acids is 2. The van der Waals surface area contributed by atoms with Gasteiger partial charge in [0.1, 0.15) is 11.6 Å². The SMILES string of the molecule is Cc1n[nH]nc1C(=O)NC1CCN(C(=O)CCc2cc(F)cc(F)c2)C1. The molecule has 1 aliphatic heterocycles. The van der Waals surface area contributed by atoms with Gasteiger partial charge in [-0.3, -0.25) is 9.59 Å². The predicted molar refractivity (Wildman–Crippen MR) is 88.2 cm³/mol. The van der Waals surface area contributed by atoms with Gasteiger partial charge in [-0.2, -0.15) is 15.4 Å². The molecule has 1 fully saturated rings. The molecule has 2 heterocycles. The monoisotopic (exact) mass is 363 g/mol. The van der Waals surface area contributed by atoms with Crippen LogP contribution in [0.2, 0.25) is 0 Å². The fourth-order valence-electron chi connectivity index (χ4n) is 3.02. The molecule has 0 bridgehead atoms. The number of carbonyl (C=O) groups is 2. The molecule has 2 aromatic rings. The zero-order valence-corrected chi connectivity index (χ0v) is 14.3. The maximum atomic E-state index is 13.2. The Kier molecular flexibility index (Phi) is 5.24. The van der Waals surface area contributed by atoms with Gasteiger partial charge in [0.2, 0.25) is 5.91 Å². The number of aromatic amines is 1. The minimum Gasteiger partial charge on any atom is -0.346 e. The third kappa shape index (κ3) is 4.22. The van der Waals surface area contributed by atoms with Gasteiger partial charge in [0.25, 0.3) is 5.91 Å². The fourth-order valence-corrected chi connectivity index (χ4v) is 3.02. The lowest BCUT2D eigenvalue weighted by Gasteiger charge is -2.17. The molecule has 1 saturated heterocycles. The second kappa shape index (κ2) is 7.59. The summed E-state index contributed by atoms with van der Waals surface area (Å²) in [6.07, 6.45) is 1.06. The van der Waals surface area contributed by atoms with Crippen molar-refractivity contribution < 1.29 is 18.4 Å². The summed E-state index contributed by atoms with van der Waals surface area (Å²) in [6, 6.07) is 3.09. The van der Waals surface area contributed by atoms with Crippen molar-refractivity contribution >= 4 is 11.8 Å². The molecule has 1 aromatic heterocycles. The van der Waals surface area contributed by atoms with Crippen LogP contribution >= 0.6 is 0 Å². The first-order valence-corrected chi connectivity index (χ1v) is 8.33. The van der Waals surface area contributed by atoms with Crippen molar-refractivity contribution in [3.05, 3.63) is 46.8 Å². The number of nitrogens with one attached hydrogen (secondary N) is 2. The molecule has 138 valence electrons. The quantitative estimate of drug-likeness (QED) is 0.839. The van der Waals surface area contributed by atoms with Gasteiger partial charge in [0.05, 0.1) is 5.69 Å². The van der Waals surface area contributed by atoms with E-state index < -0.39 is 11.6 Å². The average molecular weight is 363 g/mol. The van der Waals surface area contributed by atoms with Crippen molar-refractivity contribution in [2.24, 2.45) is 0 Å². The van der Waals surface area contributed by atoms with Gasteiger partial charge >= 0.3 is 0 Å². The number of hydrogen-bond donors (Lipinski definition) is 2. The van der Waals surface area contributed by atoms with E-state index in [-0.39, 0.29) is 36.4 Å². The van der Waals surface area contributed by atoms with Crippen molar-refractivity contribution in [1.29, 1.82) is 0 Å². The second-order valence-electron chi connectivity index (χ2n) is 6.33. The van der Waals surface area contributed by atoms with Crippen LogP contribution in [0.25, 0.3) is 0 Å². The second-order valence-corrected chi connectivity index (χ2v) is 6.33. The van der Waals surface area contributed by atoms with E-state index in [4.69, 9.17) is 0 Å². The van der Waals surface area contributed by atoms with Crippen LogP contribution in [0.15, 0.2) is 18.2 Å². The van der Waals surface area contributed by atoms with Gasteiger partial charge in [0, 0.05) is 31.6 Å². The topological polar surface area (TPSA) is 91.0 Å². The number of rotatable bonds is 5. The van der Waals surface area contributed by atoms with Crippen molar-refractivity contribution in [2.75, 3.05) is 13.1 Å². The zero-order chi connectivity index (χ0) is 18.7. The third-order valence-corrected chi connectivity index (χ3v) is 4.36. The summed E-state index contributed by atoms with van der Waals surface area (Å²) >= 11 is 0. The van der Waals surface area contributed by atoms with Crippen LogP contribution in [0.1, 0.15) is 34.6 Å². The van der Waals surface area contributed by atoms with E-state index in [1.54, 1.807) is 11.8 Å². The third-order valence-electron chi connectivity index (χ3n) is 4.36. The van der Waals surface area contributed by atoms with Crippen molar-refractivity contribution in [3.8, 4) is 0 Å². The van der Waals surface area contributed by atoms with Crippen LogP contribution in [0.3, 0.4) is 0 Å². The summed E-state index contributed by atoms with van der Waals surface area (Å²) in [5, 5.41) is 12.8. The van der Waals surface area contributed by atoms with Crippen LogP contribution in [0.4, 0.5) is 8.78 Å². The largest absolute Gasteiger partial charge is 0.346 e. The van der Waals surface area contributed by atoms with E-state index in [1.807, 2.05) is 0 Å². The van der Waals surface area contributed by atoms with E-state index >= 15 is 0 Å². The highest BCUT2D eigenvalue weighted by Crippen LogP contribution is 2.15. The smallest absolute Gasteiger partial charge is 0.274 e. The Labute approximate surface area is 148 Å². The molecule has 2 amide bonds. The molecular formula is C17H19F2N5O2. The lowest BCUT2D eigenvalue weighted by Crippen LogP contribution is -2.38. The molecule has 9 heteroatoms. The Morgan fingerprint density at radius 1 is 1.27 bits per heavy atom. The molecule has 1 aromatic carbocycles. The number of halogens is 2. The van der Waals surface area contributed by atoms with Gasteiger partial charge in [-0.15, -0.1) is 0 Å². The first kappa shape index (κ1) is 18.0. The van der Waals surface area contributed by atoms with Gasteiger partial charge in [-0.1, -0.05) is 0 Å². The maximum absolute atomic E-state index is 13.2. The fraction of sp³-hybridized carbons (Fsp3) is 0.412. The molecule has 3 rings (SSSR count). The molecular weight excluding hydrogens is 344 g/mol. The minimum atomic E-state index is -0.653.